The van der Waals surface area contributed by atoms with Crippen molar-refractivity contribution in [2.24, 2.45) is 0 Å². The minimum absolute atomic E-state index is 0.196. The molecule has 2 atom stereocenters. The molecule has 0 radical (unpaired) electrons. The number of nitrogens with one attached hydrogen (secondary N) is 1. The highest BCUT2D eigenvalue weighted by molar-refractivity contribution is 9.10. The molecule has 1 heterocycles. The zero-order valence-electron chi connectivity index (χ0n) is 8.87. The molecule has 1 saturated heterocycles. The van der Waals surface area contributed by atoms with Gasteiger partial charge >= 0.3 is 0 Å². The first-order valence-electron chi connectivity index (χ1n) is 5.41. The largest absolute Gasteiger partial charge is 0.368 e. The first kappa shape index (κ1) is 11.1. The Morgan fingerprint density at radius 2 is 2.33 bits per heavy atom. The van der Waals surface area contributed by atoms with E-state index in [0.717, 1.165) is 24.0 Å². The number of halogens is 1. The van der Waals surface area contributed by atoms with Crippen molar-refractivity contribution in [3.63, 3.8) is 0 Å². The van der Waals surface area contributed by atoms with E-state index in [4.69, 9.17) is 4.74 Å². The van der Waals surface area contributed by atoms with Gasteiger partial charge in [-0.1, -0.05) is 35.0 Å². The predicted octanol–water partition coefficient (Wildman–Crippen LogP) is 2.89. The van der Waals surface area contributed by atoms with Gasteiger partial charge in [-0.05, 0) is 24.1 Å². The number of benzene rings is 1. The predicted molar refractivity (Wildman–Crippen MR) is 64.9 cm³/mol. The van der Waals surface area contributed by atoms with Crippen LogP contribution in [0.1, 0.15) is 25.0 Å². The van der Waals surface area contributed by atoms with Crippen LogP contribution < -0.4 is 5.32 Å². The summed E-state index contributed by atoms with van der Waals surface area (Å²) in [4.78, 5) is 0. The lowest BCUT2D eigenvalue weighted by molar-refractivity contribution is -0.0400. The molecule has 1 aliphatic heterocycles. The smallest absolute Gasteiger partial charge is 0.0954 e. The molecule has 1 fully saturated rings. The number of morpholine rings is 1. The molecule has 0 amide bonds. The van der Waals surface area contributed by atoms with E-state index >= 15 is 0 Å². The number of hydrogen-bond acceptors (Lipinski definition) is 2. The maximum Gasteiger partial charge on any atom is 0.0954 e. The molecule has 0 spiro atoms. The zero-order valence-corrected chi connectivity index (χ0v) is 10.5. The van der Waals surface area contributed by atoms with Gasteiger partial charge in [-0.15, -0.1) is 0 Å². The first-order chi connectivity index (χ1) is 7.29. The Hall–Kier alpha value is -0.380. The fourth-order valence-corrected chi connectivity index (χ4v) is 2.26. The summed E-state index contributed by atoms with van der Waals surface area (Å²) in [5.74, 6) is 0. The summed E-state index contributed by atoms with van der Waals surface area (Å²) in [6, 6.07) is 8.34. The topological polar surface area (TPSA) is 21.3 Å². The van der Waals surface area contributed by atoms with Gasteiger partial charge in [0, 0.05) is 17.6 Å². The lowest BCUT2D eigenvalue weighted by Gasteiger charge is -2.30. The summed E-state index contributed by atoms with van der Waals surface area (Å²) < 4.78 is 7.11. The highest BCUT2D eigenvalue weighted by Crippen LogP contribution is 2.24. The summed E-state index contributed by atoms with van der Waals surface area (Å²) in [5, 5.41) is 3.41. The number of hydrogen-bond donors (Lipinski definition) is 1. The van der Waals surface area contributed by atoms with Crippen molar-refractivity contribution in [2.45, 2.75) is 25.6 Å². The Bertz CT molecular complexity index is 329. The summed E-state index contributed by atoms with van der Waals surface area (Å²) >= 11 is 3.48. The number of rotatable bonds is 2. The first-order valence-corrected chi connectivity index (χ1v) is 6.20. The van der Waals surface area contributed by atoms with Crippen molar-refractivity contribution in [3.8, 4) is 0 Å². The van der Waals surface area contributed by atoms with Gasteiger partial charge in [-0.2, -0.15) is 0 Å². The molecular weight excluding hydrogens is 254 g/mol. The lowest BCUT2D eigenvalue weighted by Crippen LogP contribution is -2.40. The lowest BCUT2D eigenvalue weighted by atomic mass is 10.1. The molecule has 0 saturated carbocycles. The van der Waals surface area contributed by atoms with Gasteiger partial charge in [-0.3, -0.25) is 0 Å². The molecule has 2 rings (SSSR count). The highest BCUT2D eigenvalue weighted by atomic mass is 79.9. The molecular formula is C12H16BrNO. The van der Waals surface area contributed by atoms with Crippen molar-refractivity contribution in [1.82, 2.24) is 5.32 Å². The van der Waals surface area contributed by atoms with Gasteiger partial charge in [0.15, 0.2) is 0 Å². The molecule has 1 aromatic carbocycles. The third-order valence-electron chi connectivity index (χ3n) is 2.73. The van der Waals surface area contributed by atoms with E-state index in [1.54, 1.807) is 0 Å². The summed E-state index contributed by atoms with van der Waals surface area (Å²) in [5.41, 5.74) is 1.25. The second-order valence-electron chi connectivity index (χ2n) is 3.87. The van der Waals surface area contributed by atoms with Crippen LogP contribution in [0, 0.1) is 0 Å². The van der Waals surface area contributed by atoms with Crippen LogP contribution in [0.5, 0.6) is 0 Å². The molecule has 15 heavy (non-hydrogen) atoms. The SMILES string of the molecule is CCC1CNCC(c2cccc(Br)c2)O1. The fourth-order valence-electron chi connectivity index (χ4n) is 1.85. The van der Waals surface area contributed by atoms with Crippen molar-refractivity contribution < 1.29 is 4.74 Å². The van der Waals surface area contributed by atoms with Crippen LogP contribution in [-0.2, 0) is 4.74 Å². The molecule has 1 N–H and O–H groups in total. The molecule has 0 aliphatic carbocycles. The Morgan fingerprint density at radius 3 is 3.07 bits per heavy atom. The van der Waals surface area contributed by atoms with Crippen molar-refractivity contribution in [1.29, 1.82) is 0 Å². The van der Waals surface area contributed by atoms with E-state index in [1.165, 1.54) is 5.56 Å². The van der Waals surface area contributed by atoms with E-state index in [1.807, 2.05) is 6.07 Å². The van der Waals surface area contributed by atoms with Gasteiger partial charge < -0.3 is 10.1 Å². The molecule has 1 aliphatic rings. The maximum atomic E-state index is 5.99. The quantitative estimate of drug-likeness (QED) is 0.892. The van der Waals surface area contributed by atoms with E-state index < -0.39 is 0 Å². The minimum Gasteiger partial charge on any atom is -0.368 e. The van der Waals surface area contributed by atoms with Gasteiger partial charge in [0.2, 0.25) is 0 Å². The summed E-state index contributed by atoms with van der Waals surface area (Å²) in [6.07, 6.45) is 1.61. The van der Waals surface area contributed by atoms with Gasteiger partial charge in [0.25, 0.3) is 0 Å². The normalized spacial score (nSPS) is 26.5. The van der Waals surface area contributed by atoms with Crippen LogP contribution in [0.25, 0.3) is 0 Å². The summed E-state index contributed by atoms with van der Waals surface area (Å²) in [7, 11) is 0. The van der Waals surface area contributed by atoms with E-state index in [9.17, 15) is 0 Å². The van der Waals surface area contributed by atoms with Crippen LogP contribution in [0.4, 0.5) is 0 Å². The molecule has 0 bridgehead atoms. The van der Waals surface area contributed by atoms with Crippen LogP contribution >= 0.6 is 15.9 Å². The molecule has 82 valence electrons. The van der Waals surface area contributed by atoms with Crippen LogP contribution in [0.15, 0.2) is 28.7 Å². The minimum atomic E-state index is 0.196. The standard InChI is InChI=1S/C12H16BrNO/c1-2-11-7-14-8-12(15-11)9-4-3-5-10(13)6-9/h3-6,11-12,14H,2,7-8H2,1H3. The molecule has 3 heteroatoms. The van der Waals surface area contributed by atoms with E-state index in [-0.39, 0.29) is 6.10 Å². The molecule has 2 nitrogen and oxygen atoms in total. The molecule has 2 unspecified atom stereocenters. The number of ether oxygens (including phenoxy) is 1. The molecule has 1 aromatic rings. The second-order valence-corrected chi connectivity index (χ2v) is 4.78. The molecule has 0 aromatic heterocycles. The van der Waals surface area contributed by atoms with E-state index in [2.05, 4.69) is 46.4 Å². The van der Waals surface area contributed by atoms with Gasteiger partial charge in [-0.25, -0.2) is 0 Å². The van der Waals surface area contributed by atoms with Crippen LogP contribution in [0.2, 0.25) is 0 Å². The average molecular weight is 270 g/mol. The van der Waals surface area contributed by atoms with Crippen molar-refractivity contribution >= 4 is 15.9 Å². The highest BCUT2D eigenvalue weighted by Gasteiger charge is 2.21. The van der Waals surface area contributed by atoms with E-state index in [0.29, 0.717) is 6.10 Å². The summed E-state index contributed by atoms with van der Waals surface area (Å²) in [6.45, 7) is 4.05. The van der Waals surface area contributed by atoms with Gasteiger partial charge in [0.05, 0.1) is 12.2 Å². The van der Waals surface area contributed by atoms with Crippen LogP contribution in [-0.4, -0.2) is 19.2 Å². The zero-order chi connectivity index (χ0) is 10.7. The van der Waals surface area contributed by atoms with Crippen molar-refractivity contribution in [3.05, 3.63) is 34.3 Å². The fraction of sp³-hybridized carbons (Fsp3) is 0.500. The monoisotopic (exact) mass is 269 g/mol. The Labute approximate surface area is 99.1 Å². The Kier molecular flexibility index (Phi) is 3.78. The third kappa shape index (κ3) is 2.80. The van der Waals surface area contributed by atoms with Crippen LogP contribution in [0.3, 0.4) is 0 Å². The Morgan fingerprint density at radius 1 is 1.47 bits per heavy atom. The Balaban J connectivity index is 2.09. The third-order valence-corrected chi connectivity index (χ3v) is 3.23. The average Bonchev–Trinajstić information content (AvgIpc) is 2.29. The second kappa shape index (κ2) is 5.10. The van der Waals surface area contributed by atoms with Gasteiger partial charge in [0.1, 0.15) is 0 Å². The van der Waals surface area contributed by atoms with Crippen molar-refractivity contribution in [2.75, 3.05) is 13.1 Å². The maximum absolute atomic E-state index is 5.99.